The van der Waals surface area contributed by atoms with E-state index in [-0.39, 0.29) is 11.8 Å². The molecule has 16 rings (SSSR count). The summed E-state index contributed by atoms with van der Waals surface area (Å²) in [7, 11) is 7.97. The first-order valence-electron chi connectivity index (χ1n) is 40.9. The molecule has 0 aliphatic heterocycles. The summed E-state index contributed by atoms with van der Waals surface area (Å²) < 4.78 is 91.4. The molecule has 0 saturated carbocycles. The molecule has 0 unspecified atom stereocenters. The molecule has 0 bridgehead atoms. The van der Waals surface area contributed by atoms with Crippen LogP contribution in [0.1, 0.15) is 200 Å². The van der Waals surface area contributed by atoms with Crippen LogP contribution in [0, 0.1) is 48.5 Å². The van der Waals surface area contributed by atoms with Gasteiger partial charge in [-0.15, -0.1) is 0 Å². The first-order valence-corrected chi connectivity index (χ1v) is 37.4. The monoisotopic (exact) mass is 1430 g/mol. The maximum Gasteiger partial charge on any atom is 0.227 e. The lowest BCUT2D eigenvalue weighted by Gasteiger charge is -2.13. The van der Waals surface area contributed by atoms with E-state index in [4.69, 9.17) is 27.3 Å². The van der Waals surface area contributed by atoms with Gasteiger partial charge in [0.2, 0.25) is 45.6 Å². The molecule has 0 fully saturated rings. The summed E-state index contributed by atoms with van der Waals surface area (Å²) in [4.78, 5) is 18.1. The van der Waals surface area contributed by atoms with Crippen molar-refractivity contribution in [2.24, 2.45) is 28.2 Å². The molecule has 0 N–H and O–H groups in total. The van der Waals surface area contributed by atoms with E-state index in [2.05, 4.69) is 186 Å². The van der Waals surface area contributed by atoms with Crippen LogP contribution in [0.5, 0.6) is 0 Å². The SMILES string of the molecule is CCc1c[n+](C)c(-c2c(C)ccc3c2oc2nc(C)ccc23)cc1C(C)C.[2H]C([2H])(C)c1c[n+](C)c(-c2c(C)ccc3c2oc2nc(C)ccc23)cc1C(C)C.[2H]C([2H])(C)c1c[n+](C)c(-c2c(C)ccc3c2oc2nc(C)ccc23)cc1C([2H])(C)C.[2H]C([2H])(C)c1c[n+](C)c(-c2c(C)ccc3c2oc2ncccc23)cc1C(C)C. The van der Waals surface area contributed by atoms with Gasteiger partial charge in [-0.05, 0) is 191 Å². The largest absolute Gasteiger partial charge is 0.437 e. The van der Waals surface area contributed by atoms with E-state index in [1.165, 1.54) is 29.3 Å². The highest BCUT2D eigenvalue weighted by Gasteiger charge is 2.29. The van der Waals surface area contributed by atoms with E-state index in [0.29, 0.717) is 39.9 Å². The minimum atomic E-state index is -1.55. The predicted octanol–water partition coefficient (Wildman–Crippen LogP) is 22.8. The summed E-state index contributed by atoms with van der Waals surface area (Å²) in [6.07, 6.45) is 6.35. The van der Waals surface area contributed by atoms with E-state index in [1.54, 1.807) is 33.9 Å². The van der Waals surface area contributed by atoms with Crippen molar-refractivity contribution in [2.75, 3.05) is 0 Å². The van der Waals surface area contributed by atoms with Gasteiger partial charge in [-0.3, -0.25) is 0 Å². The number of nitrogens with zero attached hydrogens (tertiary/aromatic N) is 8. The normalized spacial score (nSPS) is 13.3. The predicted molar refractivity (Wildman–Crippen MR) is 440 cm³/mol. The van der Waals surface area contributed by atoms with Gasteiger partial charge in [-0.25, -0.2) is 38.2 Å². The molecule has 0 radical (unpaired) electrons. The molecular formula is C95H106N8O4+4. The number of furan rings is 4. The lowest BCUT2D eigenvalue weighted by atomic mass is 9.93. The van der Waals surface area contributed by atoms with Crippen LogP contribution in [-0.2, 0) is 53.7 Å². The Bertz CT molecular complexity index is 6480. The number of rotatable bonds is 12. The third-order valence-electron chi connectivity index (χ3n) is 21.1. The van der Waals surface area contributed by atoms with Gasteiger partial charge in [-0.2, -0.15) is 0 Å². The van der Waals surface area contributed by atoms with E-state index in [9.17, 15) is 0 Å². The van der Waals surface area contributed by atoms with Gasteiger partial charge in [-0.1, -0.05) is 132 Å². The summed E-state index contributed by atoms with van der Waals surface area (Å²) in [6, 6.07) is 41.6. The Morgan fingerprint density at radius 1 is 0.346 bits per heavy atom. The van der Waals surface area contributed by atoms with Crippen molar-refractivity contribution < 1.29 is 45.5 Å². The molecule has 12 nitrogen and oxygen atoms in total. The standard InChI is InChI=1S/3C24H27N2O.C23H25N2O/c3*1-7-17-13-26(6)21(12-20(17)14(2)3)22-15(4)8-10-18-19-11-9-16(5)25-24(19)27-23(18)22;1-6-16-13-25(5)20(12-19(16)14(2)3)21-15(4)9-10-17-18-8-7-11-24-23(18)26-22(17)21/h3*8-14H,7H2,1-6H3;7-14H,6H2,1-5H3/q4*+1/i7D2,14D;7D2;;6D2. The van der Waals surface area contributed by atoms with Crippen molar-refractivity contribution >= 4 is 88.3 Å². The van der Waals surface area contributed by atoms with Crippen LogP contribution in [0.4, 0.5) is 0 Å². The quantitative estimate of drug-likeness (QED) is 0.111. The van der Waals surface area contributed by atoms with Crippen LogP contribution in [0.2, 0.25) is 0 Å². The van der Waals surface area contributed by atoms with E-state index in [0.717, 1.165) is 167 Å². The van der Waals surface area contributed by atoms with Crippen LogP contribution < -0.4 is 18.3 Å². The first-order chi connectivity index (χ1) is 53.5. The van der Waals surface area contributed by atoms with Gasteiger partial charge < -0.3 is 17.7 Å². The van der Waals surface area contributed by atoms with Gasteiger partial charge >= 0.3 is 0 Å². The minimum Gasteiger partial charge on any atom is -0.437 e. The molecule has 107 heavy (non-hydrogen) atoms. The van der Waals surface area contributed by atoms with Crippen molar-refractivity contribution in [1.29, 1.82) is 0 Å². The molecule has 16 aromatic rings. The number of fused-ring (bicyclic) bond motifs is 12. The number of aromatic nitrogens is 8. The van der Waals surface area contributed by atoms with Crippen molar-refractivity contribution in [3.63, 3.8) is 0 Å². The highest BCUT2D eigenvalue weighted by Crippen LogP contribution is 2.43. The average Bonchev–Trinajstić information content (AvgIpc) is 1.57. The lowest BCUT2D eigenvalue weighted by molar-refractivity contribution is -0.661. The Balaban J connectivity index is 0.000000133. The second kappa shape index (κ2) is 30.3. The molecule has 0 aliphatic carbocycles. The molecular weight excluding hydrogens is 1320 g/mol. The Kier molecular flexibility index (Phi) is 18.6. The van der Waals surface area contributed by atoms with Gasteiger partial charge in [0.1, 0.15) is 28.2 Å². The molecule has 0 atom stereocenters. The number of pyridine rings is 8. The highest BCUT2D eigenvalue weighted by atomic mass is 16.4. The highest BCUT2D eigenvalue weighted by molar-refractivity contribution is 6.12. The maximum atomic E-state index is 8.64. The Morgan fingerprint density at radius 3 is 0.916 bits per heavy atom. The van der Waals surface area contributed by atoms with Crippen LogP contribution in [0.15, 0.2) is 170 Å². The molecule has 0 saturated heterocycles. The third-order valence-corrected chi connectivity index (χ3v) is 21.1. The Morgan fingerprint density at radius 2 is 0.617 bits per heavy atom. The molecule has 12 heteroatoms. The molecule has 0 spiro atoms. The average molecular weight is 1430 g/mol. The van der Waals surface area contributed by atoms with Crippen molar-refractivity contribution in [2.45, 2.75) is 181 Å². The van der Waals surface area contributed by atoms with Gasteiger partial charge in [0.25, 0.3) is 0 Å². The second-order valence-corrected chi connectivity index (χ2v) is 29.9. The van der Waals surface area contributed by atoms with Gasteiger partial charge in [0, 0.05) is 122 Å². The van der Waals surface area contributed by atoms with Crippen LogP contribution in [-0.4, -0.2) is 19.9 Å². The topological polar surface area (TPSA) is 120 Å². The molecule has 546 valence electrons. The zero-order chi connectivity index (χ0) is 82.6. The zero-order valence-electron chi connectivity index (χ0n) is 73.6. The zero-order valence-corrected chi connectivity index (χ0v) is 66.6. The lowest BCUT2D eigenvalue weighted by Crippen LogP contribution is -2.32. The minimum absolute atomic E-state index is 0.208. The summed E-state index contributed by atoms with van der Waals surface area (Å²) in [6.45, 7) is 37.8. The van der Waals surface area contributed by atoms with Gasteiger partial charge in [0.15, 0.2) is 47.1 Å². The van der Waals surface area contributed by atoms with Crippen LogP contribution >= 0.6 is 0 Å². The molecule has 12 aromatic heterocycles. The van der Waals surface area contributed by atoms with E-state index in [1.807, 2.05) is 124 Å². The van der Waals surface area contributed by atoms with Crippen molar-refractivity contribution in [3.8, 4) is 45.0 Å². The number of hydrogen-bond donors (Lipinski definition) is 0. The van der Waals surface area contributed by atoms with Crippen molar-refractivity contribution in [1.82, 2.24) is 19.9 Å². The number of benzene rings is 4. The summed E-state index contributed by atoms with van der Waals surface area (Å²) in [5.74, 6) is -0.0449. The molecule has 0 amide bonds. The van der Waals surface area contributed by atoms with Crippen LogP contribution in [0.3, 0.4) is 0 Å². The van der Waals surface area contributed by atoms with Crippen molar-refractivity contribution in [3.05, 3.63) is 236 Å². The van der Waals surface area contributed by atoms with E-state index >= 15 is 0 Å². The Hall–Kier alpha value is -10.7. The number of hydrogen-bond acceptors (Lipinski definition) is 8. The first kappa shape index (κ1) is 65.8. The second-order valence-electron chi connectivity index (χ2n) is 29.9. The molecule has 4 aromatic carbocycles. The summed E-state index contributed by atoms with van der Waals surface area (Å²) in [5.41, 5.74) is 29.0. The summed E-state index contributed by atoms with van der Waals surface area (Å²) >= 11 is 0. The number of aryl methyl sites for hydroxylation is 15. The Labute approximate surface area is 640 Å². The fourth-order valence-corrected chi connectivity index (χ4v) is 15.3. The van der Waals surface area contributed by atoms with Gasteiger partial charge in [0.05, 0.1) is 22.3 Å². The smallest absolute Gasteiger partial charge is 0.227 e. The fourth-order valence-electron chi connectivity index (χ4n) is 15.3. The summed E-state index contributed by atoms with van der Waals surface area (Å²) in [5, 5.41) is 8.30. The molecule has 0 aliphatic rings. The fraction of sp³-hybridized carbons (Fsp3) is 0.326. The maximum absolute atomic E-state index is 8.64. The van der Waals surface area contributed by atoms with Crippen LogP contribution in [0.25, 0.3) is 133 Å². The third kappa shape index (κ3) is 14.0. The molecule has 12 heterocycles. The van der Waals surface area contributed by atoms with E-state index < -0.39 is 25.0 Å².